The number of hydrogen-bond donors (Lipinski definition) is 2. The number of hydrogen-bond acceptors (Lipinski definition) is 12. The number of nitrogens with one attached hydrogen (secondary N) is 1. The van der Waals surface area contributed by atoms with Gasteiger partial charge in [0, 0.05) is 32.6 Å². The van der Waals surface area contributed by atoms with Gasteiger partial charge in [0.15, 0.2) is 12.4 Å². The van der Waals surface area contributed by atoms with E-state index in [-0.39, 0.29) is 45.6 Å². The zero-order valence-corrected chi connectivity index (χ0v) is 38.8. The Bertz CT molecular complexity index is 1530. The summed E-state index contributed by atoms with van der Waals surface area (Å²) in [7, 11) is 1.30. The van der Waals surface area contributed by atoms with Crippen LogP contribution in [0.4, 0.5) is 0 Å². The molecule has 5 rings (SSSR count). The van der Waals surface area contributed by atoms with Crippen molar-refractivity contribution >= 4 is 23.9 Å². The van der Waals surface area contributed by atoms with Crippen LogP contribution in [0.3, 0.4) is 0 Å². The third-order valence-corrected chi connectivity index (χ3v) is 17.5. The van der Waals surface area contributed by atoms with E-state index in [1.54, 1.807) is 6.92 Å². The quantitative estimate of drug-likeness (QED) is 0.101. The maximum absolute atomic E-state index is 13.2. The summed E-state index contributed by atoms with van der Waals surface area (Å²) in [5.74, 6) is -0.708. The molecule has 0 aromatic carbocycles. The molecular weight excluding hydrogens is 755 g/mol. The molecule has 0 aromatic rings. The number of aliphatic hydroxyl groups excluding tert-OH is 1. The van der Waals surface area contributed by atoms with Gasteiger partial charge in [-0.25, -0.2) is 0 Å². The fraction of sp³-hybridized carbons (Fsp3) is 0.915. The van der Waals surface area contributed by atoms with Gasteiger partial charge in [-0.3, -0.25) is 19.2 Å². The lowest BCUT2D eigenvalue weighted by atomic mass is 9.34. The van der Waals surface area contributed by atoms with Crippen molar-refractivity contribution in [3.63, 3.8) is 0 Å². The largest absolute Gasteiger partial charge is 0.468 e. The average Bonchev–Trinajstić information content (AvgIpc) is 3.52. The zero-order valence-electron chi connectivity index (χ0n) is 38.8. The highest BCUT2D eigenvalue weighted by Gasteiger charge is 2.72. The Morgan fingerprint density at radius 2 is 1.47 bits per heavy atom. The Balaban J connectivity index is 1.57. The van der Waals surface area contributed by atoms with Crippen LogP contribution < -0.4 is 5.32 Å². The molecule has 1 heterocycles. The van der Waals surface area contributed by atoms with E-state index in [0.29, 0.717) is 43.6 Å². The molecule has 0 radical (unpaired) electrons. The minimum atomic E-state index is -0.976. The average molecular weight is 834 g/mol. The summed E-state index contributed by atoms with van der Waals surface area (Å²) >= 11 is 0. The van der Waals surface area contributed by atoms with Crippen molar-refractivity contribution in [2.75, 3.05) is 13.7 Å². The van der Waals surface area contributed by atoms with Gasteiger partial charge in [0.25, 0.3) is 0 Å². The van der Waals surface area contributed by atoms with Crippen molar-refractivity contribution in [2.45, 2.75) is 203 Å². The number of carbonyl (C=O) groups is 4. The smallest absolute Gasteiger partial charge is 0.325 e. The molecule has 12 heteroatoms. The van der Waals surface area contributed by atoms with Crippen LogP contribution in [0.5, 0.6) is 0 Å². The molecule has 12 nitrogen and oxygen atoms in total. The highest BCUT2D eigenvalue weighted by Crippen LogP contribution is 2.76. The Morgan fingerprint density at radius 3 is 2.05 bits per heavy atom. The first kappa shape index (κ1) is 47.8. The number of rotatable bonds is 14. The molecule has 1 aliphatic heterocycles. The van der Waals surface area contributed by atoms with Crippen LogP contribution in [0, 0.1) is 57.2 Å². The SMILES string of the molecule is CC[C@H]1O[C@H](O[C@@](C)(CCCN[C@@H](C(=O)OC)[C@@H](C)O)C2CC[C@]3(C)[C@@H]2C(OC(C)=O)CC2[C@@]4(C)CC[C@H](C)C(C)(C)C4CC[C@]23C)[C@H](OC(C)=O)[C@@H](C)[C@@H]1OC(C)=O. The van der Waals surface area contributed by atoms with E-state index >= 15 is 0 Å². The summed E-state index contributed by atoms with van der Waals surface area (Å²) in [6.45, 7) is 27.1. The Hall–Kier alpha value is -2.28. The number of carbonyl (C=O) groups excluding carboxylic acids is 4. The second-order valence-corrected chi connectivity index (χ2v) is 21.0. The van der Waals surface area contributed by atoms with E-state index in [1.807, 2.05) is 13.8 Å². The van der Waals surface area contributed by atoms with Crippen molar-refractivity contribution < 1.29 is 52.7 Å². The molecule has 1 saturated heterocycles. The Kier molecular flexibility index (Phi) is 14.4. The lowest BCUT2D eigenvalue weighted by molar-refractivity contribution is -0.327. The third-order valence-electron chi connectivity index (χ3n) is 17.5. The molecule has 5 fully saturated rings. The Labute approximate surface area is 354 Å². The summed E-state index contributed by atoms with van der Waals surface area (Å²) in [6, 6.07) is -0.894. The molecule has 0 bridgehead atoms. The molecule has 0 amide bonds. The van der Waals surface area contributed by atoms with Gasteiger partial charge in [-0.05, 0) is 130 Å². The molecule has 5 aliphatic rings. The van der Waals surface area contributed by atoms with E-state index in [1.165, 1.54) is 47.1 Å². The molecule has 0 aromatic heterocycles. The maximum Gasteiger partial charge on any atom is 0.325 e. The van der Waals surface area contributed by atoms with Crippen molar-refractivity contribution in [2.24, 2.45) is 57.2 Å². The summed E-state index contributed by atoms with van der Waals surface area (Å²) in [5.41, 5.74) is -0.774. The first-order valence-corrected chi connectivity index (χ1v) is 22.8. The van der Waals surface area contributed by atoms with Crippen LogP contribution in [0.15, 0.2) is 0 Å². The van der Waals surface area contributed by atoms with Crippen LogP contribution in [0.25, 0.3) is 0 Å². The summed E-state index contributed by atoms with van der Waals surface area (Å²) in [5, 5.41) is 13.6. The first-order chi connectivity index (χ1) is 27.4. The van der Waals surface area contributed by atoms with E-state index in [2.05, 4.69) is 53.8 Å². The summed E-state index contributed by atoms with van der Waals surface area (Å²) in [4.78, 5) is 50.7. The van der Waals surface area contributed by atoms with Gasteiger partial charge in [0.1, 0.15) is 18.2 Å². The zero-order chi connectivity index (χ0) is 44.0. The molecule has 338 valence electrons. The number of fused-ring (bicyclic) bond motifs is 5. The number of aliphatic hydroxyl groups is 1. The van der Waals surface area contributed by atoms with E-state index < -0.39 is 66.2 Å². The number of esters is 4. The lowest BCUT2D eigenvalue weighted by Gasteiger charge is -2.71. The summed E-state index contributed by atoms with van der Waals surface area (Å²) in [6.07, 6.45) is 4.58. The fourth-order valence-corrected chi connectivity index (χ4v) is 14.0. The van der Waals surface area contributed by atoms with Gasteiger partial charge in [-0.1, -0.05) is 55.4 Å². The van der Waals surface area contributed by atoms with Crippen molar-refractivity contribution in [3.8, 4) is 0 Å². The predicted molar refractivity (Wildman–Crippen MR) is 223 cm³/mol. The minimum absolute atomic E-state index is 0.0148. The molecule has 4 saturated carbocycles. The Morgan fingerprint density at radius 1 is 0.864 bits per heavy atom. The molecule has 59 heavy (non-hydrogen) atoms. The van der Waals surface area contributed by atoms with Crippen molar-refractivity contribution in [3.05, 3.63) is 0 Å². The van der Waals surface area contributed by atoms with Gasteiger partial charge in [-0.2, -0.15) is 0 Å². The van der Waals surface area contributed by atoms with Gasteiger partial charge in [-0.15, -0.1) is 0 Å². The summed E-state index contributed by atoms with van der Waals surface area (Å²) < 4.78 is 37.3. The van der Waals surface area contributed by atoms with Crippen LogP contribution in [0.1, 0.15) is 154 Å². The van der Waals surface area contributed by atoms with Gasteiger partial charge in [0.2, 0.25) is 0 Å². The standard InChI is InChI=1S/C47H79NO11/c1-15-33-39(56-30(6)51)27(3)40(57-31(7)52)42(58-33)59-47(13,20-16-24-48-38(28(4)49)41(53)54-14)32-18-22-46(12)37(32)34(55-29(5)50)25-36-44(10)21-17-26(2)43(8,9)35(44)19-23-45(36,46)11/h26-28,32-40,42,48-49H,15-25H2,1-14H3/t26-,27-,28+,32?,33+,34?,35?,36?,37-,38+,39-,40+,42+,44-,45+,46+,47-/m0/s1. The molecular formula is C47H79NO11. The molecule has 4 aliphatic carbocycles. The van der Waals surface area contributed by atoms with Crippen LogP contribution in [0.2, 0.25) is 0 Å². The number of methoxy groups -OCH3 is 1. The fourth-order valence-electron chi connectivity index (χ4n) is 14.0. The second-order valence-electron chi connectivity index (χ2n) is 21.0. The van der Waals surface area contributed by atoms with Gasteiger partial charge >= 0.3 is 23.9 Å². The van der Waals surface area contributed by atoms with Crippen molar-refractivity contribution in [1.29, 1.82) is 0 Å². The lowest BCUT2D eigenvalue weighted by Crippen LogP contribution is -2.66. The second kappa shape index (κ2) is 17.8. The molecule has 17 atom stereocenters. The maximum atomic E-state index is 13.2. The number of ether oxygens (including phenoxy) is 6. The topological polar surface area (TPSA) is 156 Å². The normalized spacial score (nSPS) is 42.1. The molecule has 4 unspecified atom stereocenters. The highest BCUT2D eigenvalue weighted by atomic mass is 16.7. The van der Waals surface area contributed by atoms with E-state index in [4.69, 9.17) is 28.4 Å². The molecule has 2 N–H and O–H groups in total. The predicted octanol–water partition coefficient (Wildman–Crippen LogP) is 7.55. The van der Waals surface area contributed by atoms with Crippen LogP contribution >= 0.6 is 0 Å². The van der Waals surface area contributed by atoms with Gasteiger partial charge < -0.3 is 38.8 Å². The monoisotopic (exact) mass is 834 g/mol. The third kappa shape index (κ3) is 8.73. The molecule has 0 spiro atoms. The van der Waals surface area contributed by atoms with E-state index in [9.17, 15) is 24.3 Å². The van der Waals surface area contributed by atoms with Gasteiger partial charge in [0.05, 0.1) is 24.9 Å². The first-order valence-electron chi connectivity index (χ1n) is 22.8. The minimum Gasteiger partial charge on any atom is -0.468 e. The van der Waals surface area contributed by atoms with Crippen LogP contribution in [-0.2, 0) is 47.6 Å². The van der Waals surface area contributed by atoms with Crippen molar-refractivity contribution in [1.82, 2.24) is 5.32 Å². The van der Waals surface area contributed by atoms with E-state index in [0.717, 1.165) is 25.7 Å². The highest BCUT2D eigenvalue weighted by molar-refractivity contribution is 5.76. The van der Waals surface area contributed by atoms with Crippen LogP contribution in [-0.4, -0.2) is 91.1 Å².